The van der Waals surface area contributed by atoms with Crippen molar-refractivity contribution in [2.24, 2.45) is 0 Å². The molecule has 0 aliphatic heterocycles. The van der Waals surface area contributed by atoms with Crippen molar-refractivity contribution in [2.75, 3.05) is 4.90 Å². The Morgan fingerprint density at radius 1 is 0.613 bits per heavy atom. The van der Waals surface area contributed by atoms with Gasteiger partial charge in [0, 0.05) is 34.4 Å². The highest BCUT2D eigenvalue weighted by molar-refractivity contribution is 7.00. The average molecular weight is 420 g/mol. The maximum absolute atomic E-state index is 4.77. The molecule has 148 valence electrons. The van der Waals surface area contributed by atoms with Crippen molar-refractivity contribution in [3.63, 3.8) is 0 Å². The molecule has 0 unspecified atom stereocenters. The van der Waals surface area contributed by atoms with E-state index in [1.54, 1.807) is 0 Å². The molecule has 1 N–H and O–H groups in total. The van der Waals surface area contributed by atoms with Crippen LogP contribution in [0, 0.1) is 0 Å². The number of aromatic nitrogens is 4. The maximum atomic E-state index is 4.77. The van der Waals surface area contributed by atoms with Crippen molar-refractivity contribution < 1.29 is 0 Å². The van der Waals surface area contributed by atoms with E-state index in [-0.39, 0.29) is 0 Å². The van der Waals surface area contributed by atoms with Crippen LogP contribution in [0.4, 0.5) is 17.1 Å². The molecule has 0 spiro atoms. The predicted molar refractivity (Wildman–Crippen MR) is 127 cm³/mol. The van der Waals surface area contributed by atoms with Crippen LogP contribution in [-0.4, -0.2) is 18.7 Å². The SMILES string of the molecule is c1ccc(N(c2ccccc2)c2ccc(-c3nc4ccc5[nH]snc5c4n3)cc2)cc1. The first-order valence-electron chi connectivity index (χ1n) is 9.98. The topological polar surface area (TPSA) is 57.7 Å². The number of para-hydroxylation sites is 2. The minimum Gasteiger partial charge on any atom is -0.311 e. The molecule has 6 aromatic rings. The van der Waals surface area contributed by atoms with Crippen LogP contribution < -0.4 is 4.90 Å². The number of aromatic amines is 1. The highest BCUT2D eigenvalue weighted by Crippen LogP contribution is 2.35. The van der Waals surface area contributed by atoms with Crippen LogP contribution in [0.5, 0.6) is 0 Å². The summed E-state index contributed by atoms with van der Waals surface area (Å²) in [6.45, 7) is 0. The summed E-state index contributed by atoms with van der Waals surface area (Å²) in [7, 11) is 0. The first kappa shape index (κ1) is 17.8. The fourth-order valence-electron chi connectivity index (χ4n) is 3.80. The largest absolute Gasteiger partial charge is 0.311 e. The molecule has 0 amide bonds. The van der Waals surface area contributed by atoms with E-state index in [1.165, 1.54) is 11.7 Å². The summed E-state index contributed by atoms with van der Waals surface area (Å²) >= 11 is 1.33. The first-order chi connectivity index (χ1) is 15.4. The maximum Gasteiger partial charge on any atom is 0.160 e. The molecule has 0 saturated heterocycles. The van der Waals surface area contributed by atoms with Crippen LogP contribution >= 0.6 is 11.7 Å². The lowest BCUT2D eigenvalue weighted by Crippen LogP contribution is -2.09. The van der Waals surface area contributed by atoms with E-state index in [4.69, 9.17) is 9.97 Å². The predicted octanol–water partition coefficient (Wildman–Crippen LogP) is 6.70. The van der Waals surface area contributed by atoms with Gasteiger partial charge in [-0.05, 0) is 60.7 Å². The molecule has 0 saturated carbocycles. The molecule has 6 rings (SSSR count). The van der Waals surface area contributed by atoms with Crippen molar-refractivity contribution in [1.82, 2.24) is 18.7 Å². The summed E-state index contributed by atoms with van der Waals surface area (Å²) in [5, 5.41) is 0. The summed E-state index contributed by atoms with van der Waals surface area (Å²) in [6, 6.07) is 33.1. The number of fused-ring (bicyclic) bond motifs is 3. The van der Waals surface area contributed by atoms with Crippen molar-refractivity contribution in [3.8, 4) is 11.4 Å². The molecule has 0 radical (unpaired) electrons. The van der Waals surface area contributed by atoms with Crippen LogP contribution in [0.15, 0.2) is 97.1 Å². The average Bonchev–Trinajstić information content (AvgIpc) is 3.48. The molecule has 0 aliphatic rings. The third-order valence-corrected chi connectivity index (χ3v) is 5.86. The minimum absolute atomic E-state index is 0.716. The lowest BCUT2D eigenvalue weighted by atomic mass is 10.1. The van der Waals surface area contributed by atoms with E-state index in [0.717, 1.165) is 44.7 Å². The standard InChI is InChI=1S/C25H17N5S/c1-3-7-18(8-4-1)30(19-9-5-2-6-10-19)20-13-11-17(12-14-20)25-26-21-15-16-22-24(23(21)27-25)29-31-28-22/h1-16,28H. The molecule has 0 atom stereocenters. The zero-order valence-electron chi connectivity index (χ0n) is 16.4. The van der Waals surface area contributed by atoms with E-state index in [0.29, 0.717) is 5.82 Å². The van der Waals surface area contributed by atoms with Crippen molar-refractivity contribution in [2.45, 2.75) is 0 Å². The van der Waals surface area contributed by atoms with Gasteiger partial charge in [-0.2, -0.15) is 4.37 Å². The molecule has 5 nitrogen and oxygen atoms in total. The molecule has 0 aliphatic carbocycles. The molecule has 2 heterocycles. The van der Waals surface area contributed by atoms with Gasteiger partial charge in [-0.1, -0.05) is 36.4 Å². The Morgan fingerprint density at radius 2 is 1.26 bits per heavy atom. The van der Waals surface area contributed by atoms with Gasteiger partial charge >= 0.3 is 0 Å². The van der Waals surface area contributed by atoms with Crippen LogP contribution in [0.1, 0.15) is 0 Å². The van der Waals surface area contributed by atoms with E-state index >= 15 is 0 Å². The highest BCUT2D eigenvalue weighted by Gasteiger charge is 2.14. The van der Waals surface area contributed by atoms with Crippen LogP contribution in [0.3, 0.4) is 0 Å². The monoisotopic (exact) mass is 419 g/mol. The second-order valence-corrected chi connectivity index (χ2v) is 7.78. The van der Waals surface area contributed by atoms with Gasteiger partial charge in [0.1, 0.15) is 11.0 Å². The molecular weight excluding hydrogens is 402 g/mol. The lowest BCUT2D eigenvalue weighted by Gasteiger charge is -2.25. The number of rotatable bonds is 4. The molecule has 4 aromatic carbocycles. The Hall–Kier alpha value is -4.03. The fraction of sp³-hybridized carbons (Fsp3) is 0. The zero-order chi connectivity index (χ0) is 20.6. The summed E-state index contributed by atoms with van der Waals surface area (Å²) < 4.78 is 7.60. The Labute approximate surface area is 183 Å². The normalized spacial score (nSPS) is 11.2. The van der Waals surface area contributed by atoms with Gasteiger partial charge in [0.2, 0.25) is 0 Å². The van der Waals surface area contributed by atoms with Crippen LogP contribution in [-0.2, 0) is 0 Å². The fourth-order valence-corrected chi connectivity index (χ4v) is 4.38. The van der Waals surface area contributed by atoms with Crippen LogP contribution in [0.25, 0.3) is 33.5 Å². The van der Waals surface area contributed by atoms with Crippen molar-refractivity contribution in [1.29, 1.82) is 0 Å². The quantitative estimate of drug-likeness (QED) is 0.345. The molecule has 6 heteroatoms. The van der Waals surface area contributed by atoms with E-state index in [2.05, 4.69) is 86.4 Å². The van der Waals surface area contributed by atoms with Gasteiger partial charge < -0.3 is 4.90 Å². The Balaban J connectivity index is 1.42. The zero-order valence-corrected chi connectivity index (χ0v) is 17.3. The number of hydrogen-bond acceptors (Lipinski definition) is 5. The van der Waals surface area contributed by atoms with E-state index in [1.807, 2.05) is 24.3 Å². The number of benzene rings is 4. The molecule has 0 fully saturated rings. The van der Waals surface area contributed by atoms with Gasteiger partial charge in [-0.25, -0.2) is 9.97 Å². The summed E-state index contributed by atoms with van der Waals surface area (Å²) in [4.78, 5) is 11.7. The Kier molecular flexibility index (Phi) is 4.21. The number of imidazole rings is 1. The van der Waals surface area contributed by atoms with Gasteiger partial charge in [-0.15, -0.1) is 0 Å². The number of nitrogens with zero attached hydrogens (tertiary/aromatic N) is 4. The summed E-state index contributed by atoms with van der Waals surface area (Å²) in [5.41, 5.74) is 7.84. The number of anilines is 3. The molecular formula is C25H17N5S. The third-order valence-electron chi connectivity index (χ3n) is 5.28. The third kappa shape index (κ3) is 3.14. The van der Waals surface area contributed by atoms with E-state index in [9.17, 15) is 0 Å². The number of H-pyrrole nitrogens is 1. The van der Waals surface area contributed by atoms with Crippen LogP contribution in [0.2, 0.25) is 0 Å². The highest BCUT2D eigenvalue weighted by atomic mass is 32.1. The molecule has 2 aromatic heterocycles. The summed E-state index contributed by atoms with van der Waals surface area (Å²) in [6.07, 6.45) is 0. The van der Waals surface area contributed by atoms with Crippen molar-refractivity contribution in [3.05, 3.63) is 97.1 Å². The second kappa shape index (κ2) is 7.34. The number of hydrogen-bond donors (Lipinski definition) is 1. The molecule has 31 heavy (non-hydrogen) atoms. The number of nitrogens with one attached hydrogen (secondary N) is 1. The van der Waals surface area contributed by atoms with E-state index < -0.39 is 0 Å². The first-order valence-corrected chi connectivity index (χ1v) is 10.8. The van der Waals surface area contributed by atoms with Gasteiger partial charge in [-0.3, -0.25) is 4.37 Å². The lowest BCUT2D eigenvalue weighted by molar-refractivity contribution is 1.28. The van der Waals surface area contributed by atoms with Gasteiger partial charge in [0.15, 0.2) is 5.82 Å². The Bertz CT molecular complexity index is 1430. The Morgan fingerprint density at radius 3 is 1.94 bits per heavy atom. The van der Waals surface area contributed by atoms with Gasteiger partial charge in [0.25, 0.3) is 0 Å². The summed E-state index contributed by atoms with van der Waals surface area (Å²) in [5.74, 6) is 0.716. The van der Waals surface area contributed by atoms with Gasteiger partial charge in [0.05, 0.1) is 11.0 Å². The minimum atomic E-state index is 0.716. The van der Waals surface area contributed by atoms with Crippen molar-refractivity contribution >= 4 is 50.9 Å². The molecule has 0 bridgehead atoms. The smallest absolute Gasteiger partial charge is 0.160 e. The second-order valence-electron chi connectivity index (χ2n) is 7.21.